The van der Waals surface area contributed by atoms with E-state index in [0.29, 0.717) is 13.2 Å². The van der Waals surface area contributed by atoms with Crippen molar-refractivity contribution in [2.24, 2.45) is 0 Å². The van der Waals surface area contributed by atoms with Gasteiger partial charge in [-0.25, -0.2) is 9.67 Å². The molecule has 2 aromatic carbocycles. The fraction of sp³-hybridized carbons (Fsp3) is 0.263. The summed E-state index contributed by atoms with van der Waals surface area (Å²) in [6.07, 6.45) is 1.86. The van der Waals surface area contributed by atoms with Gasteiger partial charge in [0.15, 0.2) is 0 Å². The molecule has 0 amide bonds. The number of hydrogen-bond donors (Lipinski definition) is 0. The van der Waals surface area contributed by atoms with Gasteiger partial charge in [-0.05, 0) is 18.1 Å². The van der Waals surface area contributed by atoms with Gasteiger partial charge in [-0.3, -0.25) is 0 Å². The number of aromatic nitrogens is 3. The summed E-state index contributed by atoms with van der Waals surface area (Å²) in [4.78, 5) is 4.36. The summed E-state index contributed by atoms with van der Waals surface area (Å²) in [5.41, 5.74) is 2.46. The zero-order chi connectivity index (χ0) is 16.6. The topological polar surface area (TPSA) is 39.9 Å². The molecule has 0 spiro atoms. The molecule has 0 bridgehead atoms. The SMILES string of the molecule is CC(Cn1cnc(SCc2ccccc2)n1)OCc1ccccc1. The van der Waals surface area contributed by atoms with Crippen LogP contribution in [-0.4, -0.2) is 20.9 Å². The van der Waals surface area contributed by atoms with Gasteiger partial charge in [0, 0.05) is 5.75 Å². The first-order valence-electron chi connectivity index (χ1n) is 8.01. The van der Waals surface area contributed by atoms with Crippen LogP contribution in [0.2, 0.25) is 0 Å². The maximum atomic E-state index is 5.88. The Labute approximate surface area is 146 Å². The van der Waals surface area contributed by atoms with Crippen LogP contribution in [0.4, 0.5) is 0 Å². The highest BCUT2D eigenvalue weighted by atomic mass is 32.2. The Morgan fingerprint density at radius 3 is 2.38 bits per heavy atom. The smallest absolute Gasteiger partial charge is 0.208 e. The molecule has 0 fully saturated rings. The van der Waals surface area contributed by atoms with E-state index in [1.54, 1.807) is 18.1 Å². The Hall–Kier alpha value is -2.11. The average Bonchev–Trinajstić information content (AvgIpc) is 3.07. The van der Waals surface area contributed by atoms with Gasteiger partial charge in [0.2, 0.25) is 5.16 Å². The van der Waals surface area contributed by atoms with Gasteiger partial charge >= 0.3 is 0 Å². The van der Waals surface area contributed by atoms with Gasteiger partial charge in [0.1, 0.15) is 6.33 Å². The minimum absolute atomic E-state index is 0.0823. The molecule has 3 rings (SSSR count). The third-order valence-corrected chi connectivity index (χ3v) is 4.47. The minimum Gasteiger partial charge on any atom is -0.372 e. The first-order chi connectivity index (χ1) is 11.8. The highest BCUT2D eigenvalue weighted by Crippen LogP contribution is 2.18. The summed E-state index contributed by atoms with van der Waals surface area (Å²) in [6, 6.07) is 20.6. The Balaban J connectivity index is 1.45. The second kappa shape index (κ2) is 8.66. The van der Waals surface area contributed by atoms with E-state index in [0.717, 1.165) is 10.9 Å². The third kappa shape index (κ3) is 5.22. The van der Waals surface area contributed by atoms with Gasteiger partial charge in [-0.1, -0.05) is 72.4 Å². The lowest BCUT2D eigenvalue weighted by molar-refractivity contribution is 0.0393. The third-order valence-electron chi connectivity index (χ3n) is 3.55. The summed E-state index contributed by atoms with van der Waals surface area (Å²) in [6.45, 7) is 3.37. The monoisotopic (exact) mass is 339 g/mol. The molecule has 5 heteroatoms. The molecule has 0 saturated carbocycles. The quantitative estimate of drug-likeness (QED) is 0.577. The lowest BCUT2D eigenvalue weighted by Gasteiger charge is -2.12. The van der Waals surface area contributed by atoms with Crippen molar-refractivity contribution in [1.29, 1.82) is 0 Å². The second-order valence-electron chi connectivity index (χ2n) is 5.63. The van der Waals surface area contributed by atoms with E-state index in [1.807, 2.05) is 41.1 Å². The van der Waals surface area contributed by atoms with Crippen molar-refractivity contribution in [3.05, 3.63) is 78.1 Å². The Morgan fingerprint density at radius 2 is 1.67 bits per heavy atom. The van der Waals surface area contributed by atoms with Gasteiger partial charge in [0.05, 0.1) is 19.3 Å². The van der Waals surface area contributed by atoms with Crippen LogP contribution >= 0.6 is 11.8 Å². The van der Waals surface area contributed by atoms with Crippen LogP contribution in [0.15, 0.2) is 72.1 Å². The van der Waals surface area contributed by atoms with E-state index < -0.39 is 0 Å². The van der Waals surface area contributed by atoms with E-state index in [1.165, 1.54) is 11.1 Å². The fourth-order valence-corrected chi connectivity index (χ4v) is 3.06. The highest BCUT2D eigenvalue weighted by Gasteiger charge is 2.07. The van der Waals surface area contributed by atoms with E-state index in [4.69, 9.17) is 4.74 Å². The molecular weight excluding hydrogens is 318 g/mol. The van der Waals surface area contributed by atoms with E-state index in [9.17, 15) is 0 Å². The first-order valence-corrected chi connectivity index (χ1v) is 9.00. The van der Waals surface area contributed by atoms with Gasteiger partial charge in [-0.15, -0.1) is 5.10 Å². The molecule has 1 aromatic heterocycles. The number of hydrogen-bond acceptors (Lipinski definition) is 4. The number of rotatable bonds is 8. The standard InChI is InChI=1S/C19H21N3OS/c1-16(23-13-17-8-4-2-5-9-17)12-22-15-20-19(21-22)24-14-18-10-6-3-7-11-18/h2-11,15-16H,12-14H2,1H3. The lowest BCUT2D eigenvalue weighted by atomic mass is 10.2. The second-order valence-corrected chi connectivity index (χ2v) is 6.57. The normalized spacial score (nSPS) is 12.2. The Bertz CT molecular complexity index is 731. The maximum absolute atomic E-state index is 5.88. The minimum atomic E-state index is 0.0823. The lowest BCUT2D eigenvalue weighted by Crippen LogP contribution is -2.17. The number of benzene rings is 2. The van der Waals surface area contributed by atoms with E-state index >= 15 is 0 Å². The highest BCUT2D eigenvalue weighted by molar-refractivity contribution is 7.98. The zero-order valence-electron chi connectivity index (χ0n) is 13.7. The van der Waals surface area contributed by atoms with Crippen LogP contribution in [0.25, 0.3) is 0 Å². The molecule has 124 valence electrons. The van der Waals surface area contributed by atoms with Gasteiger partial charge in [-0.2, -0.15) is 0 Å². The summed E-state index contributed by atoms with van der Waals surface area (Å²) in [5.74, 6) is 0.880. The molecular formula is C19H21N3OS. The molecule has 4 nitrogen and oxygen atoms in total. The van der Waals surface area contributed by atoms with Crippen LogP contribution in [0, 0.1) is 0 Å². The molecule has 0 N–H and O–H groups in total. The molecule has 24 heavy (non-hydrogen) atoms. The van der Waals surface area contributed by atoms with Crippen molar-refractivity contribution in [3.63, 3.8) is 0 Å². The van der Waals surface area contributed by atoms with Gasteiger partial charge in [0.25, 0.3) is 0 Å². The zero-order valence-corrected chi connectivity index (χ0v) is 14.5. The van der Waals surface area contributed by atoms with Crippen LogP contribution in [-0.2, 0) is 23.6 Å². The van der Waals surface area contributed by atoms with Gasteiger partial charge < -0.3 is 4.74 Å². The number of thioether (sulfide) groups is 1. The molecule has 0 aliphatic rings. The van der Waals surface area contributed by atoms with Crippen molar-refractivity contribution in [3.8, 4) is 0 Å². The van der Waals surface area contributed by atoms with Crippen molar-refractivity contribution < 1.29 is 4.74 Å². The van der Waals surface area contributed by atoms with Crippen LogP contribution in [0.5, 0.6) is 0 Å². The maximum Gasteiger partial charge on any atom is 0.208 e. The van der Waals surface area contributed by atoms with E-state index in [-0.39, 0.29) is 6.10 Å². The molecule has 0 aliphatic carbocycles. The molecule has 0 aliphatic heterocycles. The Morgan fingerprint density at radius 1 is 1.00 bits per heavy atom. The fourth-order valence-electron chi connectivity index (χ4n) is 2.28. The van der Waals surface area contributed by atoms with Crippen molar-refractivity contribution >= 4 is 11.8 Å². The predicted molar refractivity (Wildman–Crippen MR) is 96.7 cm³/mol. The number of nitrogens with zero attached hydrogens (tertiary/aromatic N) is 3. The first kappa shape index (κ1) is 16.7. The number of ether oxygens (including phenoxy) is 1. The Kier molecular flexibility index (Phi) is 6.04. The molecule has 1 atom stereocenters. The summed E-state index contributed by atoms with van der Waals surface area (Å²) in [5, 5.41) is 5.31. The van der Waals surface area contributed by atoms with Crippen LogP contribution in [0.1, 0.15) is 18.1 Å². The molecule has 0 saturated heterocycles. The predicted octanol–water partition coefficient (Wildman–Crippen LogP) is 4.18. The molecule has 1 unspecified atom stereocenters. The van der Waals surface area contributed by atoms with Crippen LogP contribution < -0.4 is 0 Å². The molecule has 1 heterocycles. The largest absolute Gasteiger partial charge is 0.372 e. The van der Waals surface area contributed by atoms with Crippen molar-refractivity contribution in [2.75, 3.05) is 0 Å². The van der Waals surface area contributed by atoms with Crippen molar-refractivity contribution in [2.45, 2.75) is 37.1 Å². The summed E-state index contributed by atoms with van der Waals surface area (Å²) >= 11 is 1.65. The van der Waals surface area contributed by atoms with Crippen molar-refractivity contribution in [1.82, 2.24) is 14.8 Å². The summed E-state index contributed by atoms with van der Waals surface area (Å²) in [7, 11) is 0. The summed E-state index contributed by atoms with van der Waals surface area (Å²) < 4.78 is 7.73. The average molecular weight is 339 g/mol. The van der Waals surface area contributed by atoms with E-state index in [2.05, 4.69) is 41.3 Å². The molecule has 3 aromatic rings. The molecule has 0 radical (unpaired) electrons. The van der Waals surface area contributed by atoms with Crippen LogP contribution in [0.3, 0.4) is 0 Å².